The molecular formula is C16H11ClN2O2. The predicted molar refractivity (Wildman–Crippen MR) is 82.8 cm³/mol. The second kappa shape index (κ2) is 5.42. The summed E-state index contributed by atoms with van der Waals surface area (Å²) in [6.07, 6.45) is 3.44. The van der Waals surface area contributed by atoms with Crippen LogP contribution in [0.5, 0.6) is 5.75 Å². The third-order valence-corrected chi connectivity index (χ3v) is 3.34. The highest BCUT2D eigenvalue weighted by Gasteiger charge is 2.12. The lowest BCUT2D eigenvalue weighted by Gasteiger charge is -2.08. The Morgan fingerprint density at radius 3 is 2.81 bits per heavy atom. The van der Waals surface area contributed by atoms with Crippen molar-refractivity contribution >= 4 is 34.0 Å². The van der Waals surface area contributed by atoms with E-state index in [9.17, 15) is 9.90 Å². The zero-order chi connectivity index (χ0) is 14.8. The lowest BCUT2D eigenvalue weighted by molar-refractivity contribution is 0.102. The van der Waals surface area contributed by atoms with Crippen molar-refractivity contribution in [1.29, 1.82) is 0 Å². The molecule has 0 aliphatic carbocycles. The summed E-state index contributed by atoms with van der Waals surface area (Å²) < 4.78 is 0. The molecule has 4 nitrogen and oxygen atoms in total. The van der Waals surface area contributed by atoms with Crippen molar-refractivity contribution in [2.75, 3.05) is 5.32 Å². The lowest BCUT2D eigenvalue weighted by atomic mass is 10.1. The molecule has 1 heterocycles. The van der Waals surface area contributed by atoms with Gasteiger partial charge in [0, 0.05) is 28.5 Å². The van der Waals surface area contributed by atoms with Gasteiger partial charge in [0.2, 0.25) is 0 Å². The first-order valence-corrected chi connectivity index (χ1v) is 6.65. The molecule has 2 aromatic carbocycles. The Bertz CT molecular complexity index is 833. The lowest BCUT2D eigenvalue weighted by Crippen LogP contribution is -2.12. The fourth-order valence-electron chi connectivity index (χ4n) is 2.05. The predicted octanol–water partition coefficient (Wildman–Crippen LogP) is 3.85. The number of anilines is 1. The number of hydrogen-bond donors (Lipinski definition) is 2. The van der Waals surface area contributed by atoms with Crippen LogP contribution in [0.4, 0.5) is 5.69 Å². The van der Waals surface area contributed by atoms with E-state index in [2.05, 4.69) is 10.3 Å². The summed E-state index contributed by atoms with van der Waals surface area (Å²) in [6.45, 7) is 0. The van der Waals surface area contributed by atoms with Gasteiger partial charge in [0.15, 0.2) is 0 Å². The average molecular weight is 299 g/mol. The Hall–Kier alpha value is -2.59. The van der Waals surface area contributed by atoms with Gasteiger partial charge in [-0.1, -0.05) is 17.7 Å². The molecule has 2 N–H and O–H groups in total. The van der Waals surface area contributed by atoms with E-state index in [1.165, 1.54) is 18.2 Å². The first kappa shape index (κ1) is 13.4. The van der Waals surface area contributed by atoms with Gasteiger partial charge in [-0.05, 0) is 41.8 Å². The second-order valence-electron chi connectivity index (χ2n) is 4.55. The molecule has 3 rings (SSSR count). The zero-order valence-electron chi connectivity index (χ0n) is 10.9. The normalized spacial score (nSPS) is 10.5. The van der Waals surface area contributed by atoms with Gasteiger partial charge >= 0.3 is 0 Å². The molecule has 0 fully saturated rings. The maximum Gasteiger partial charge on any atom is 0.259 e. The maximum atomic E-state index is 12.2. The van der Waals surface area contributed by atoms with Gasteiger partial charge in [0.25, 0.3) is 5.91 Å². The average Bonchev–Trinajstić information content (AvgIpc) is 2.49. The van der Waals surface area contributed by atoms with Gasteiger partial charge in [-0.2, -0.15) is 0 Å². The molecule has 0 saturated heterocycles. The number of rotatable bonds is 2. The number of phenolic OH excluding ortho intramolecular Hbond substituents is 1. The van der Waals surface area contributed by atoms with E-state index in [1.807, 2.05) is 18.2 Å². The fourth-order valence-corrected chi connectivity index (χ4v) is 2.22. The number of nitrogens with zero attached hydrogens (tertiary/aromatic N) is 1. The molecule has 5 heteroatoms. The minimum Gasteiger partial charge on any atom is -0.507 e. The van der Waals surface area contributed by atoms with Crippen LogP contribution in [0, 0.1) is 0 Å². The van der Waals surface area contributed by atoms with Crippen LogP contribution < -0.4 is 5.32 Å². The molecule has 0 atom stereocenters. The van der Waals surface area contributed by atoms with Crippen LogP contribution in [-0.2, 0) is 0 Å². The van der Waals surface area contributed by atoms with Crippen molar-refractivity contribution in [2.24, 2.45) is 0 Å². The molecule has 0 saturated carbocycles. The molecule has 0 spiro atoms. The first-order chi connectivity index (χ1) is 10.1. The van der Waals surface area contributed by atoms with Crippen molar-refractivity contribution in [3.8, 4) is 5.75 Å². The minimum absolute atomic E-state index is 0.112. The Morgan fingerprint density at radius 1 is 1.10 bits per heavy atom. The van der Waals surface area contributed by atoms with Crippen molar-refractivity contribution in [3.63, 3.8) is 0 Å². The first-order valence-electron chi connectivity index (χ1n) is 6.27. The van der Waals surface area contributed by atoms with E-state index < -0.39 is 5.91 Å². The summed E-state index contributed by atoms with van der Waals surface area (Å²) >= 11 is 5.84. The summed E-state index contributed by atoms with van der Waals surface area (Å²) in [7, 11) is 0. The van der Waals surface area contributed by atoms with Crippen LogP contribution in [0.15, 0.2) is 54.9 Å². The van der Waals surface area contributed by atoms with Crippen LogP contribution in [0.3, 0.4) is 0 Å². The topological polar surface area (TPSA) is 62.2 Å². The highest BCUT2D eigenvalue weighted by molar-refractivity contribution is 6.31. The third kappa shape index (κ3) is 2.80. The number of carbonyl (C=O) groups is 1. The second-order valence-corrected chi connectivity index (χ2v) is 4.99. The number of hydrogen-bond acceptors (Lipinski definition) is 3. The zero-order valence-corrected chi connectivity index (χ0v) is 11.6. The standard InChI is InChI=1S/C16H11ClN2O2/c17-12-2-4-15(20)14(8-12)16(21)19-13-3-1-10-5-6-18-9-11(10)7-13/h1-9,20H,(H,19,21). The molecule has 0 unspecified atom stereocenters. The molecule has 0 bridgehead atoms. The van der Waals surface area contributed by atoms with Crippen molar-refractivity contribution in [1.82, 2.24) is 4.98 Å². The number of aromatic nitrogens is 1. The number of aromatic hydroxyl groups is 1. The molecule has 0 aliphatic rings. The van der Waals surface area contributed by atoms with Gasteiger partial charge in [-0.3, -0.25) is 9.78 Å². The van der Waals surface area contributed by atoms with Crippen molar-refractivity contribution in [3.05, 3.63) is 65.4 Å². The van der Waals surface area contributed by atoms with E-state index in [1.54, 1.807) is 18.5 Å². The highest BCUT2D eigenvalue weighted by atomic mass is 35.5. The van der Waals surface area contributed by atoms with Crippen LogP contribution in [0.2, 0.25) is 5.02 Å². The third-order valence-electron chi connectivity index (χ3n) is 3.10. The van der Waals surface area contributed by atoms with Gasteiger partial charge < -0.3 is 10.4 Å². The minimum atomic E-state index is -0.418. The Labute approximate surface area is 126 Å². The van der Waals surface area contributed by atoms with Crippen LogP contribution in [0.25, 0.3) is 10.8 Å². The van der Waals surface area contributed by atoms with E-state index in [0.29, 0.717) is 10.7 Å². The fraction of sp³-hybridized carbons (Fsp3) is 0. The quantitative estimate of drug-likeness (QED) is 0.755. The van der Waals surface area contributed by atoms with Crippen molar-refractivity contribution < 1.29 is 9.90 Å². The van der Waals surface area contributed by atoms with E-state index in [0.717, 1.165) is 10.8 Å². The molecule has 0 radical (unpaired) electrons. The largest absolute Gasteiger partial charge is 0.507 e. The molecule has 1 aromatic heterocycles. The van der Waals surface area contributed by atoms with Gasteiger partial charge in [-0.15, -0.1) is 0 Å². The maximum absolute atomic E-state index is 12.2. The Balaban J connectivity index is 1.90. The smallest absolute Gasteiger partial charge is 0.259 e. The Kier molecular flexibility index (Phi) is 3.46. The monoisotopic (exact) mass is 298 g/mol. The Morgan fingerprint density at radius 2 is 1.95 bits per heavy atom. The van der Waals surface area contributed by atoms with Crippen molar-refractivity contribution in [2.45, 2.75) is 0 Å². The summed E-state index contributed by atoms with van der Waals surface area (Å²) in [5, 5.41) is 14.8. The summed E-state index contributed by atoms with van der Waals surface area (Å²) in [5.41, 5.74) is 0.758. The van der Waals surface area contributed by atoms with Gasteiger partial charge in [0.1, 0.15) is 5.75 Å². The highest BCUT2D eigenvalue weighted by Crippen LogP contribution is 2.23. The number of phenols is 1. The number of halogens is 1. The van der Waals surface area contributed by atoms with Crippen LogP contribution in [0.1, 0.15) is 10.4 Å². The number of carbonyl (C=O) groups excluding carboxylic acids is 1. The van der Waals surface area contributed by atoms with E-state index in [4.69, 9.17) is 11.6 Å². The number of nitrogens with one attached hydrogen (secondary N) is 1. The van der Waals surface area contributed by atoms with Crippen LogP contribution in [-0.4, -0.2) is 16.0 Å². The summed E-state index contributed by atoms with van der Waals surface area (Å²) in [6, 6.07) is 11.7. The summed E-state index contributed by atoms with van der Waals surface area (Å²) in [5.74, 6) is -0.530. The number of fused-ring (bicyclic) bond motifs is 1. The molecule has 3 aromatic rings. The van der Waals surface area contributed by atoms with Crippen LogP contribution >= 0.6 is 11.6 Å². The number of benzene rings is 2. The molecule has 0 aliphatic heterocycles. The number of amides is 1. The molecule has 1 amide bonds. The SMILES string of the molecule is O=C(Nc1ccc2ccncc2c1)c1cc(Cl)ccc1O. The van der Waals surface area contributed by atoms with E-state index >= 15 is 0 Å². The number of pyridine rings is 1. The molecule has 104 valence electrons. The molecule has 21 heavy (non-hydrogen) atoms. The van der Waals surface area contributed by atoms with Gasteiger partial charge in [0.05, 0.1) is 5.56 Å². The summed E-state index contributed by atoms with van der Waals surface area (Å²) in [4.78, 5) is 16.2. The van der Waals surface area contributed by atoms with Gasteiger partial charge in [-0.25, -0.2) is 0 Å². The van der Waals surface area contributed by atoms with E-state index in [-0.39, 0.29) is 11.3 Å². The molecular weight excluding hydrogens is 288 g/mol.